The number of rotatable bonds is 10. The lowest BCUT2D eigenvalue weighted by atomic mass is 9.94. The van der Waals surface area contributed by atoms with Crippen LogP contribution in [0.15, 0.2) is 52.3 Å². The summed E-state index contributed by atoms with van der Waals surface area (Å²) in [5.74, 6) is -0.530. The summed E-state index contributed by atoms with van der Waals surface area (Å²) in [5.41, 5.74) is 0.628. The fourth-order valence-electron chi connectivity index (χ4n) is 3.55. The van der Waals surface area contributed by atoms with E-state index in [1.807, 2.05) is 32.8 Å². The Morgan fingerprint density at radius 1 is 1.16 bits per heavy atom. The average molecular weight is 428 g/mol. The largest absolute Gasteiger partial charge is 0.503 e. The third kappa shape index (κ3) is 4.59. The molecular formula is C23H28N2O6. The van der Waals surface area contributed by atoms with Crippen LogP contribution in [0.1, 0.15) is 36.0 Å². The summed E-state index contributed by atoms with van der Waals surface area (Å²) in [4.78, 5) is 29.5. The van der Waals surface area contributed by atoms with Crippen LogP contribution in [0.5, 0.6) is 11.5 Å². The third-order valence-electron chi connectivity index (χ3n) is 4.96. The van der Waals surface area contributed by atoms with E-state index in [-0.39, 0.29) is 11.3 Å². The molecule has 2 heterocycles. The van der Waals surface area contributed by atoms with Gasteiger partial charge in [-0.05, 0) is 57.8 Å². The molecule has 0 fully saturated rings. The molecule has 0 bridgehead atoms. The van der Waals surface area contributed by atoms with E-state index in [2.05, 4.69) is 0 Å². The van der Waals surface area contributed by atoms with Crippen molar-refractivity contribution in [2.45, 2.75) is 19.9 Å². The summed E-state index contributed by atoms with van der Waals surface area (Å²) in [6, 6.07) is 7.61. The molecule has 1 amide bonds. The zero-order valence-corrected chi connectivity index (χ0v) is 18.3. The molecule has 1 aromatic heterocycles. The Morgan fingerprint density at radius 2 is 1.87 bits per heavy atom. The molecule has 0 radical (unpaired) electrons. The van der Waals surface area contributed by atoms with Gasteiger partial charge in [0.15, 0.2) is 23.0 Å². The van der Waals surface area contributed by atoms with Gasteiger partial charge in [-0.3, -0.25) is 9.59 Å². The standard InChI is InChI=1S/C23H28N2O6/c1-5-29-16-10-9-15(14-18(16)30-6-2)20-19(21(26)17-8-7-13-31-17)22(27)23(28)25(20)12-11-24(3)4/h7-10,13-14,20,27H,5-6,11-12H2,1-4H3/t20-/m1/s1. The first kappa shape index (κ1) is 22.4. The van der Waals surface area contributed by atoms with Crippen molar-refractivity contribution < 1.29 is 28.6 Å². The molecule has 31 heavy (non-hydrogen) atoms. The van der Waals surface area contributed by atoms with Crippen molar-refractivity contribution in [1.29, 1.82) is 0 Å². The number of hydrogen-bond acceptors (Lipinski definition) is 7. The van der Waals surface area contributed by atoms with Crippen molar-refractivity contribution in [3.05, 3.63) is 59.3 Å². The summed E-state index contributed by atoms with van der Waals surface area (Å²) < 4.78 is 16.6. The summed E-state index contributed by atoms with van der Waals surface area (Å²) in [6.45, 7) is 5.53. The van der Waals surface area contributed by atoms with E-state index in [4.69, 9.17) is 13.9 Å². The number of ketones is 1. The molecule has 1 N–H and O–H groups in total. The molecular weight excluding hydrogens is 400 g/mol. The Balaban J connectivity index is 2.09. The zero-order chi connectivity index (χ0) is 22.5. The highest BCUT2D eigenvalue weighted by atomic mass is 16.5. The van der Waals surface area contributed by atoms with Gasteiger partial charge in [0.05, 0.1) is 31.1 Å². The first-order valence-corrected chi connectivity index (χ1v) is 10.3. The van der Waals surface area contributed by atoms with Crippen LogP contribution < -0.4 is 9.47 Å². The second-order valence-electron chi connectivity index (χ2n) is 7.35. The van der Waals surface area contributed by atoms with E-state index in [0.29, 0.717) is 43.4 Å². The van der Waals surface area contributed by atoms with Gasteiger partial charge in [0.1, 0.15) is 0 Å². The number of furan rings is 1. The zero-order valence-electron chi connectivity index (χ0n) is 18.3. The molecule has 3 rings (SSSR count). The number of likely N-dealkylation sites (N-methyl/N-ethyl adjacent to an activating group) is 1. The van der Waals surface area contributed by atoms with Gasteiger partial charge in [0, 0.05) is 13.1 Å². The van der Waals surface area contributed by atoms with Crippen LogP contribution in [0.4, 0.5) is 0 Å². The van der Waals surface area contributed by atoms with Crippen LogP contribution in [0, 0.1) is 0 Å². The maximum Gasteiger partial charge on any atom is 0.290 e. The first-order valence-electron chi connectivity index (χ1n) is 10.3. The summed E-state index contributed by atoms with van der Waals surface area (Å²) >= 11 is 0. The SMILES string of the molecule is CCOc1ccc([C@@H]2C(C(=O)c3ccco3)=C(O)C(=O)N2CCN(C)C)cc1OCC. The number of aliphatic hydroxyl groups is 1. The number of aliphatic hydroxyl groups excluding tert-OH is 1. The van der Waals surface area contributed by atoms with Gasteiger partial charge < -0.3 is 28.8 Å². The lowest BCUT2D eigenvalue weighted by Crippen LogP contribution is -2.36. The second-order valence-corrected chi connectivity index (χ2v) is 7.35. The van der Waals surface area contributed by atoms with Crippen molar-refractivity contribution in [1.82, 2.24) is 9.80 Å². The van der Waals surface area contributed by atoms with Crippen molar-refractivity contribution in [3.8, 4) is 11.5 Å². The summed E-state index contributed by atoms with van der Waals surface area (Å²) in [7, 11) is 3.78. The normalized spacial score (nSPS) is 16.4. The lowest BCUT2D eigenvalue weighted by Gasteiger charge is -2.28. The quantitative estimate of drug-likeness (QED) is 0.581. The predicted molar refractivity (Wildman–Crippen MR) is 114 cm³/mol. The van der Waals surface area contributed by atoms with Crippen LogP contribution in [0.2, 0.25) is 0 Å². The number of carbonyl (C=O) groups is 2. The molecule has 166 valence electrons. The van der Waals surface area contributed by atoms with Gasteiger partial charge in [0.25, 0.3) is 5.91 Å². The molecule has 0 spiro atoms. The van der Waals surface area contributed by atoms with E-state index in [1.165, 1.54) is 17.2 Å². The number of amides is 1. The molecule has 1 aliphatic heterocycles. The highest BCUT2D eigenvalue weighted by molar-refractivity contribution is 6.15. The van der Waals surface area contributed by atoms with Crippen molar-refractivity contribution in [3.63, 3.8) is 0 Å². The summed E-state index contributed by atoms with van der Waals surface area (Å²) in [5, 5.41) is 10.7. The minimum absolute atomic E-state index is 0.00897. The topological polar surface area (TPSA) is 92.5 Å². The van der Waals surface area contributed by atoms with E-state index in [0.717, 1.165) is 0 Å². The van der Waals surface area contributed by atoms with Gasteiger partial charge in [0.2, 0.25) is 5.78 Å². The molecule has 0 aliphatic carbocycles. The Kier molecular flexibility index (Phi) is 7.02. The fourth-order valence-corrected chi connectivity index (χ4v) is 3.55. The molecule has 0 saturated heterocycles. The highest BCUT2D eigenvalue weighted by Gasteiger charge is 2.44. The van der Waals surface area contributed by atoms with Gasteiger partial charge in [-0.2, -0.15) is 0 Å². The van der Waals surface area contributed by atoms with E-state index < -0.39 is 23.5 Å². The Morgan fingerprint density at radius 3 is 2.48 bits per heavy atom. The van der Waals surface area contributed by atoms with E-state index in [1.54, 1.807) is 24.3 Å². The number of Topliss-reactive ketones (excluding diaryl/α,β-unsaturated/α-hetero) is 1. The minimum atomic E-state index is -0.778. The number of nitrogens with zero attached hydrogens (tertiary/aromatic N) is 2. The second kappa shape index (κ2) is 9.70. The number of ether oxygens (including phenoxy) is 2. The van der Waals surface area contributed by atoms with Gasteiger partial charge in [-0.25, -0.2) is 0 Å². The minimum Gasteiger partial charge on any atom is -0.503 e. The van der Waals surface area contributed by atoms with Crippen LogP contribution in [-0.2, 0) is 4.79 Å². The molecule has 8 heteroatoms. The maximum absolute atomic E-state index is 13.2. The first-order chi connectivity index (χ1) is 14.9. The average Bonchev–Trinajstić information content (AvgIpc) is 3.36. The van der Waals surface area contributed by atoms with E-state index >= 15 is 0 Å². The molecule has 1 atom stereocenters. The number of hydrogen-bond donors (Lipinski definition) is 1. The Labute approximate surface area is 181 Å². The molecule has 1 aliphatic rings. The van der Waals surface area contributed by atoms with E-state index in [9.17, 15) is 14.7 Å². The molecule has 0 saturated carbocycles. The highest BCUT2D eigenvalue weighted by Crippen LogP contribution is 2.41. The molecule has 1 aromatic carbocycles. The number of benzene rings is 1. The fraction of sp³-hybridized carbons (Fsp3) is 0.391. The summed E-state index contributed by atoms with van der Waals surface area (Å²) in [6.07, 6.45) is 1.38. The van der Waals surface area contributed by atoms with Crippen molar-refractivity contribution in [2.24, 2.45) is 0 Å². The van der Waals surface area contributed by atoms with Crippen LogP contribution in [0.25, 0.3) is 0 Å². The monoisotopic (exact) mass is 428 g/mol. The van der Waals surface area contributed by atoms with Gasteiger partial charge in [-0.1, -0.05) is 6.07 Å². The van der Waals surface area contributed by atoms with Gasteiger partial charge >= 0.3 is 0 Å². The molecule has 2 aromatic rings. The predicted octanol–water partition coefficient (Wildman–Crippen LogP) is 3.22. The number of carbonyl (C=O) groups excluding carboxylic acids is 2. The van der Waals surface area contributed by atoms with Crippen LogP contribution >= 0.6 is 0 Å². The molecule has 8 nitrogen and oxygen atoms in total. The Bertz CT molecular complexity index is 964. The smallest absolute Gasteiger partial charge is 0.290 e. The van der Waals surface area contributed by atoms with Gasteiger partial charge in [-0.15, -0.1) is 0 Å². The van der Waals surface area contributed by atoms with Crippen LogP contribution in [0.3, 0.4) is 0 Å². The van der Waals surface area contributed by atoms with Crippen molar-refractivity contribution >= 4 is 11.7 Å². The Hall–Kier alpha value is -3.26. The lowest BCUT2D eigenvalue weighted by molar-refractivity contribution is -0.129. The third-order valence-corrected chi connectivity index (χ3v) is 4.96. The van der Waals surface area contributed by atoms with Crippen molar-refractivity contribution in [2.75, 3.05) is 40.4 Å². The maximum atomic E-state index is 13.2. The van der Waals surface area contributed by atoms with Crippen LogP contribution in [-0.4, -0.2) is 67.0 Å². The molecule has 0 unspecified atom stereocenters.